The molecule has 1 heterocycles. The average molecular weight is 362 g/mol. The molecule has 2 aliphatic rings. The fourth-order valence-corrected chi connectivity index (χ4v) is 3.99. The van der Waals surface area contributed by atoms with Gasteiger partial charge in [-0.2, -0.15) is 13.2 Å². The Labute approximate surface area is 149 Å². The van der Waals surface area contributed by atoms with E-state index in [9.17, 15) is 13.2 Å². The third-order valence-corrected chi connectivity index (χ3v) is 5.70. The molecule has 1 saturated carbocycles. The molecule has 1 aliphatic heterocycles. The predicted molar refractivity (Wildman–Crippen MR) is 95.8 cm³/mol. The van der Waals surface area contributed by atoms with Crippen molar-refractivity contribution in [2.24, 2.45) is 16.8 Å². The summed E-state index contributed by atoms with van der Waals surface area (Å²) in [6.45, 7) is 6.50. The SMILES string of the molecule is CCN1CCC(CCNC(=NC)NC2CCCC(C(F)(F)F)C2)CC1. The van der Waals surface area contributed by atoms with Crippen molar-refractivity contribution >= 4 is 5.96 Å². The van der Waals surface area contributed by atoms with Gasteiger partial charge in [0.2, 0.25) is 0 Å². The highest BCUT2D eigenvalue weighted by Crippen LogP contribution is 2.37. The average Bonchev–Trinajstić information content (AvgIpc) is 2.61. The van der Waals surface area contributed by atoms with Crippen molar-refractivity contribution in [1.29, 1.82) is 0 Å². The summed E-state index contributed by atoms with van der Waals surface area (Å²) in [5.74, 6) is 0.192. The summed E-state index contributed by atoms with van der Waals surface area (Å²) < 4.78 is 38.8. The summed E-state index contributed by atoms with van der Waals surface area (Å²) >= 11 is 0. The lowest BCUT2D eigenvalue weighted by atomic mass is 9.85. The Kier molecular flexibility index (Phi) is 7.84. The molecule has 1 aliphatic carbocycles. The predicted octanol–water partition coefficient (Wildman–Crippen LogP) is 3.39. The molecular formula is C18H33F3N4. The number of hydrogen-bond donors (Lipinski definition) is 2. The molecule has 2 atom stereocenters. The molecule has 2 unspecified atom stereocenters. The fraction of sp³-hybridized carbons (Fsp3) is 0.944. The minimum absolute atomic E-state index is 0.139. The van der Waals surface area contributed by atoms with E-state index < -0.39 is 12.1 Å². The van der Waals surface area contributed by atoms with Crippen LogP contribution in [0.4, 0.5) is 13.2 Å². The molecule has 25 heavy (non-hydrogen) atoms. The molecule has 4 nitrogen and oxygen atoms in total. The van der Waals surface area contributed by atoms with Gasteiger partial charge in [0.1, 0.15) is 0 Å². The van der Waals surface area contributed by atoms with Crippen LogP contribution in [-0.4, -0.2) is 56.3 Å². The minimum atomic E-state index is -4.08. The van der Waals surface area contributed by atoms with Crippen molar-refractivity contribution in [2.45, 2.75) is 64.1 Å². The van der Waals surface area contributed by atoms with Gasteiger partial charge in [-0.15, -0.1) is 0 Å². The van der Waals surface area contributed by atoms with Crippen LogP contribution in [0.15, 0.2) is 4.99 Å². The molecule has 2 fully saturated rings. The third-order valence-electron chi connectivity index (χ3n) is 5.70. The lowest BCUT2D eigenvalue weighted by Crippen LogP contribution is -2.47. The summed E-state index contributed by atoms with van der Waals surface area (Å²) in [7, 11) is 1.68. The summed E-state index contributed by atoms with van der Waals surface area (Å²) in [6, 6.07) is -0.139. The molecule has 0 aromatic rings. The van der Waals surface area contributed by atoms with Gasteiger partial charge in [-0.05, 0) is 64.1 Å². The van der Waals surface area contributed by atoms with Gasteiger partial charge in [-0.3, -0.25) is 4.99 Å². The van der Waals surface area contributed by atoms with Crippen molar-refractivity contribution in [2.75, 3.05) is 33.2 Å². The van der Waals surface area contributed by atoms with Gasteiger partial charge in [-0.1, -0.05) is 13.3 Å². The maximum Gasteiger partial charge on any atom is 0.391 e. The molecular weight excluding hydrogens is 329 g/mol. The van der Waals surface area contributed by atoms with E-state index in [0.717, 1.165) is 31.8 Å². The Bertz CT molecular complexity index is 417. The number of rotatable bonds is 5. The van der Waals surface area contributed by atoms with E-state index in [2.05, 4.69) is 27.4 Å². The smallest absolute Gasteiger partial charge is 0.356 e. The number of hydrogen-bond acceptors (Lipinski definition) is 2. The molecule has 0 amide bonds. The lowest BCUT2D eigenvalue weighted by molar-refractivity contribution is -0.183. The van der Waals surface area contributed by atoms with E-state index in [1.807, 2.05) is 0 Å². The van der Waals surface area contributed by atoms with Gasteiger partial charge in [0.25, 0.3) is 0 Å². The number of likely N-dealkylation sites (tertiary alicyclic amines) is 1. The summed E-state index contributed by atoms with van der Waals surface area (Å²) in [6.07, 6.45) is 1.29. The van der Waals surface area contributed by atoms with Gasteiger partial charge < -0.3 is 15.5 Å². The number of alkyl halides is 3. The second-order valence-corrected chi connectivity index (χ2v) is 7.41. The molecule has 7 heteroatoms. The number of aliphatic imine (C=N–C) groups is 1. The van der Waals surface area contributed by atoms with E-state index in [-0.39, 0.29) is 18.9 Å². The lowest BCUT2D eigenvalue weighted by Gasteiger charge is -2.32. The Morgan fingerprint density at radius 2 is 1.88 bits per heavy atom. The van der Waals surface area contributed by atoms with Gasteiger partial charge in [0, 0.05) is 19.6 Å². The Morgan fingerprint density at radius 3 is 2.48 bits per heavy atom. The summed E-state index contributed by atoms with van der Waals surface area (Å²) in [5.41, 5.74) is 0. The van der Waals surface area contributed by atoms with Crippen LogP contribution in [-0.2, 0) is 0 Å². The number of nitrogens with one attached hydrogen (secondary N) is 2. The molecule has 0 aromatic carbocycles. The summed E-state index contributed by atoms with van der Waals surface area (Å²) in [4.78, 5) is 6.66. The first-order chi connectivity index (χ1) is 11.9. The second-order valence-electron chi connectivity index (χ2n) is 7.41. The molecule has 0 bridgehead atoms. The Hall–Kier alpha value is -0.980. The first-order valence-corrected chi connectivity index (χ1v) is 9.68. The largest absolute Gasteiger partial charge is 0.391 e. The van der Waals surface area contributed by atoms with Crippen LogP contribution < -0.4 is 10.6 Å². The minimum Gasteiger partial charge on any atom is -0.356 e. The normalized spacial score (nSPS) is 27.3. The van der Waals surface area contributed by atoms with E-state index in [0.29, 0.717) is 12.4 Å². The topological polar surface area (TPSA) is 39.7 Å². The zero-order valence-electron chi connectivity index (χ0n) is 15.5. The van der Waals surface area contributed by atoms with Crippen LogP contribution in [0.2, 0.25) is 0 Å². The monoisotopic (exact) mass is 362 g/mol. The number of halogens is 3. The number of guanidine groups is 1. The highest BCUT2D eigenvalue weighted by molar-refractivity contribution is 5.79. The quantitative estimate of drug-likeness (QED) is 0.582. The molecule has 2 N–H and O–H groups in total. The van der Waals surface area contributed by atoms with Crippen molar-refractivity contribution in [3.63, 3.8) is 0 Å². The molecule has 0 aromatic heterocycles. The number of piperidine rings is 1. The molecule has 2 rings (SSSR count). The molecule has 146 valence electrons. The standard InChI is InChI=1S/C18H33F3N4/c1-3-25-11-8-14(9-12-25)7-10-23-17(22-2)24-16-6-4-5-15(13-16)18(19,20)21/h14-16H,3-13H2,1-2H3,(H2,22,23,24). The maximum atomic E-state index is 12.9. The second kappa shape index (κ2) is 9.64. The Morgan fingerprint density at radius 1 is 1.16 bits per heavy atom. The van der Waals surface area contributed by atoms with Crippen LogP contribution >= 0.6 is 0 Å². The maximum absolute atomic E-state index is 12.9. The van der Waals surface area contributed by atoms with Crippen LogP contribution in [0, 0.1) is 11.8 Å². The fourth-order valence-electron chi connectivity index (χ4n) is 3.99. The van der Waals surface area contributed by atoms with Crippen LogP contribution in [0.3, 0.4) is 0 Å². The third kappa shape index (κ3) is 6.68. The van der Waals surface area contributed by atoms with Crippen LogP contribution in [0.1, 0.15) is 51.9 Å². The number of nitrogens with zero attached hydrogens (tertiary/aromatic N) is 2. The van der Waals surface area contributed by atoms with E-state index in [4.69, 9.17) is 0 Å². The van der Waals surface area contributed by atoms with E-state index in [1.165, 1.54) is 25.9 Å². The van der Waals surface area contributed by atoms with Gasteiger partial charge in [-0.25, -0.2) is 0 Å². The summed E-state index contributed by atoms with van der Waals surface area (Å²) in [5, 5.41) is 6.48. The molecule has 0 spiro atoms. The highest BCUT2D eigenvalue weighted by atomic mass is 19.4. The van der Waals surface area contributed by atoms with Crippen molar-refractivity contribution in [3.8, 4) is 0 Å². The van der Waals surface area contributed by atoms with E-state index in [1.54, 1.807) is 7.05 Å². The first-order valence-electron chi connectivity index (χ1n) is 9.68. The zero-order chi connectivity index (χ0) is 18.3. The Balaban J connectivity index is 1.68. The van der Waals surface area contributed by atoms with Gasteiger partial charge in [0.05, 0.1) is 5.92 Å². The van der Waals surface area contributed by atoms with Crippen molar-refractivity contribution in [1.82, 2.24) is 15.5 Å². The van der Waals surface area contributed by atoms with Crippen LogP contribution in [0.25, 0.3) is 0 Å². The highest BCUT2D eigenvalue weighted by Gasteiger charge is 2.42. The molecule has 0 radical (unpaired) electrons. The van der Waals surface area contributed by atoms with Crippen molar-refractivity contribution < 1.29 is 13.2 Å². The zero-order valence-corrected chi connectivity index (χ0v) is 15.5. The van der Waals surface area contributed by atoms with Gasteiger partial charge >= 0.3 is 6.18 Å². The molecule has 1 saturated heterocycles. The van der Waals surface area contributed by atoms with Gasteiger partial charge in [0.15, 0.2) is 5.96 Å². The first kappa shape index (κ1) is 20.3. The van der Waals surface area contributed by atoms with Crippen molar-refractivity contribution in [3.05, 3.63) is 0 Å². The van der Waals surface area contributed by atoms with E-state index >= 15 is 0 Å². The van der Waals surface area contributed by atoms with Crippen LogP contribution in [0.5, 0.6) is 0 Å².